The maximum atomic E-state index is 11.2. The Labute approximate surface area is 122 Å². The number of carboxylic acid groups (broad SMARTS) is 1. The number of aromatic carboxylic acids is 1. The highest BCUT2D eigenvalue weighted by molar-refractivity contribution is 7.99. The van der Waals surface area contributed by atoms with Gasteiger partial charge in [-0.25, -0.2) is 14.8 Å². The van der Waals surface area contributed by atoms with Crippen molar-refractivity contribution in [3.05, 3.63) is 58.5 Å². The molecule has 7 heteroatoms. The van der Waals surface area contributed by atoms with Crippen LogP contribution in [0.1, 0.15) is 10.4 Å². The Bertz CT molecular complexity index is 892. The molecule has 0 saturated carbocycles. The average molecular weight is 299 g/mol. The number of carboxylic acids is 1. The van der Waals surface area contributed by atoms with Crippen LogP contribution in [0.4, 0.5) is 0 Å². The van der Waals surface area contributed by atoms with Crippen LogP contribution >= 0.6 is 11.8 Å². The molecule has 104 valence electrons. The fourth-order valence-corrected chi connectivity index (χ4v) is 2.63. The van der Waals surface area contributed by atoms with Crippen LogP contribution in [0.3, 0.4) is 0 Å². The van der Waals surface area contributed by atoms with E-state index >= 15 is 0 Å². The first kappa shape index (κ1) is 13.3. The summed E-state index contributed by atoms with van der Waals surface area (Å²) in [5.74, 6) is -0.989. The van der Waals surface area contributed by atoms with E-state index in [-0.39, 0.29) is 11.1 Å². The van der Waals surface area contributed by atoms with Crippen LogP contribution in [0.5, 0.6) is 0 Å². The number of nitrogens with zero attached hydrogens (tertiary/aromatic N) is 2. The molecule has 2 aromatic heterocycles. The highest BCUT2D eigenvalue weighted by Gasteiger charge is 2.10. The van der Waals surface area contributed by atoms with Crippen LogP contribution < -0.4 is 5.56 Å². The van der Waals surface area contributed by atoms with E-state index in [1.54, 1.807) is 24.3 Å². The molecule has 0 aliphatic rings. The van der Waals surface area contributed by atoms with E-state index in [1.165, 1.54) is 30.1 Å². The van der Waals surface area contributed by atoms with Crippen molar-refractivity contribution >= 4 is 28.6 Å². The molecule has 0 radical (unpaired) electrons. The molecule has 1 aromatic carbocycles. The predicted octanol–water partition coefficient (Wildman–Crippen LogP) is 2.17. The third kappa shape index (κ3) is 2.77. The lowest BCUT2D eigenvalue weighted by Crippen LogP contribution is -2.05. The second-order valence-corrected chi connectivity index (χ2v) is 5.18. The van der Waals surface area contributed by atoms with Gasteiger partial charge in [0.1, 0.15) is 5.03 Å². The summed E-state index contributed by atoms with van der Waals surface area (Å²) in [6, 6.07) is 9.66. The first-order chi connectivity index (χ1) is 10.1. The number of hydrogen-bond donors (Lipinski definition) is 2. The van der Waals surface area contributed by atoms with E-state index in [9.17, 15) is 9.59 Å². The Hall–Kier alpha value is -2.67. The number of hydrogen-bond acceptors (Lipinski definition) is 5. The van der Waals surface area contributed by atoms with Gasteiger partial charge in [0.2, 0.25) is 0 Å². The van der Waals surface area contributed by atoms with Gasteiger partial charge >= 0.3 is 5.97 Å². The molecule has 2 N–H and O–H groups in total. The van der Waals surface area contributed by atoms with Crippen molar-refractivity contribution in [3.63, 3.8) is 0 Å². The van der Waals surface area contributed by atoms with Gasteiger partial charge in [-0.15, -0.1) is 0 Å². The molecule has 0 amide bonds. The van der Waals surface area contributed by atoms with Crippen molar-refractivity contribution in [2.45, 2.75) is 10.2 Å². The Morgan fingerprint density at radius 1 is 1.19 bits per heavy atom. The minimum atomic E-state index is -0.989. The molecule has 0 aliphatic heterocycles. The zero-order valence-electron chi connectivity index (χ0n) is 10.6. The zero-order chi connectivity index (χ0) is 14.8. The number of H-pyrrole nitrogens is 1. The second kappa shape index (κ2) is 5.37. The lowest BCUT2D eigenvalue weighted by molar-refractivity contribution is 0.0699. The molecule has 0 aliphatic carbocycles. The Balaban J connectivity index is 2.02. The third-order valence-corrected chi connectivity index (χ3v) is 3.62. The van der Waals surface area contributed by atoms with Gasteiger partial charge in [0.15, 0.2) is 5.16 Å². The van der Waals surface area contributed by atoms with Gasteiger partial charge in [0.25, 0.3) is 5.56 Å². The van der Waals surface area contributed by atoms with Crippen molar-refractivity contribution in [1.29, 1.82) is 0 Å². The number of benzene rings is 1. The van der Waals surface area contributed by atoms with Gasteiger partial charge in [-0.1, -0.05) is 6.07 Å². The van der Waals surface area contributed by atoms with E-state index in [2.05, 4.69) is 15.0 Å². The third-order valence-electron chi connectivity index (χ3n) is 2.79. The highest BCUT2D eigenvalue weighted by atomic mass is 32.2. The summed E-state index contributed by atoms with van der Waals surface area (Å²) in [4.78, 5) is 33.4. The number of aromatic amines is 1. The Kier molecular flexibility index (Phi) is 3.41. The summed E-state index contributed by atoms with van der Waals surface area (Å²) in [6.45, 7) is 0. The van der Waals surface area contributed by atoms with Crippen molar-refractivity contribution in [3.8, 4) is 0 Å². The van der Waals surface area contributed by atoms with Crippen molar-refractivity contribution in [2.75, 3.05) is 0 Å². The van der Waals surface area contributed by atoms with Gasteiger partial charge in [0, 0.05) is 17.6 Å². The minimum absolute atomic E-state index is 0.211. The molecule has 0 fully saturated rings. The first-order valence-electron chi connectivity index (χ1n) is 6.00. The van der Waals surface area contributed by atoms with Gasteiger partial charge in [-0.05, 0) is 36.0 Å². The fourth-order valence-electron chi connectivity index (χ4n) is 1.88. The maximum Gasteiger partial charge on any atom is 0.336 e. The number of rotatable bonds is 3. The summed E-state index contributed by atoms with van der Waals surface area (Å²) in [5, 5.41) is 10.8. The molecule has 3 rings (SSSR count). The van der Waals surface area contributed by atoms with Gasteiger partial charge in [-0.2, -0.15) is 0 Å². The minimum Gasteiger partial charge on any atom is -0.478 e. The van der Waals surface area contributed by atoms with E-state index in [4.69, 9.17) is 5.11 Å². The number of pyridine rings is 1. The summed E-state index contributed by atoms with van der Waals surface area (Å²) in [6.07, 6.45) is 1.42. The van der Waals surface area contributed by atoms with Crippen LogP contribution in [0, 0.1) is 0 Å². The Morgan fingerprint density at radius 2 is 2.05 bits per heavy atom. The number of aromatic nitrogens is 3. The number of fused-ring (bicyclic) bond motifs is 1. The molecule has 0 bridgehead atoms. The maximum absolute atomic E-state index is 11.2. The number of nitrogens with one attached hydrogen (secondary N) is 1. The molecule has 0 saturated heterocycles. The molecule has 3 aromatic rings. The van der Waals surface area contributed by atoms with Crippen LogP contribution in [0.25, 0.3) is 10.9 Å². The second-order valence-electron chi connectivity index (χ2n) is 4.17. The van der Waals surface area contributed by atoms with E-state index in [1.807, 2.05) is 0 Å². The summed E-state index contributed by atoms with van der Waals surface area (Å²) >= 11 is 1.21. The monoisotopic (exact) mass is 299 g/mol. The molecule has 2 heterocycles. The fraction of sp³-hybridized carbons (Fsp3) is 0. The normalized spacial score (nSPS) is 10.7. The smallest absolute Gasteiger partial charge is 0.336 e. The summed E-state index contributed by atoms with van der Waals surface area (Å²) < 4.78 is 0. The van der Waals surface area contributed by atoms with Gasteiger partial charge < -0.3 is 10.1 Å². The lowest BCUT2D eigenvalue weighted by atomic mass is 10.1. The van der Waals surface area contributed by atoms with E-state index < -0.39 is 5.97 Å². The van der Waals surface area contributed by atoms with E-state index in [0.29, 0.717) is 21.1 Å². The lowest BCUT2D eigenvalue weighted by Gasteiger charge is -2.04. The first-order valence-corrected chi connectivity index (χ1v) is 6.81. The van der Waals surface area contributed by atoms with E-state index in [0.717, 1.165) is 0 Å². The highest BCUT2D eigenvalue weighted by Crippen LogP contribution is 2.25. The quantitative estimate of drug-likeness (QED) is 0.719. The average Bonchev–Trinajstić information content (AvgIpc) is 2.46. The van der Waals surface area contributed by atoms with Crippen LogP contribution in [0.2, 0.25) is 0 Å². The number of carbonyl (C=O) groups is 1. The molecule has 6 nitrogen and oxygen atoms in total. The topological polar surface area (TPSA) is 95.9 Å². The molecule has 21 heavy (non-hydrogen) atoms. The van der Waals surface area contributed by atoms with Crippen molar-refractivity contribution < 1.29 is 9.90 Å². The van der Waals surface area contributed by atoms with Crippen LogP contribution in [-0.2, 0) is 0 Å². The van der Waals surface area contributed by atoms with Crippen molar-refractivity contribution in [2.24, 2.45) is 0 Å². The molecular weight excluding hydrogens is 290 g/mol. The largest absolute Gasteiger partial charge is 0.478 e. The summed E-state index contributed by atoms with van der Waals surface area (Å²) in [7, 11) is 0. The van der Waals surface area contributed by atoms with Crippen LogP contribution in [0.15, 0.2) is 57.6 Å². The molecule has 0 unspecified atom stereocenters. The standard InChI is InChI=1S/C14H9N3O3S/c18-11-6-7-15-14(17-11)21-12-5-4-8-9(13(19)20)2-1-3-10(8)16-12/h1-7H,(H,19,20)(H,15,17,18). The zero-order valence-corrected chi connectivity index (χ0v) is 11.4. The Morgan fingerprint density at radius 3 is 2.81 bits per heavy atom. The molecule has 0 atom stereocenters. The van der Waals surface area contributed by atoms with Gasteiger partial charge in [0.05, 0.1) is 11.1 Å². The molecule has 0 spiro atoms. The molecular formula is C14H9N3O3S. The van der Waals surface area contributed by atoms with Crippen molar-refractivity contribution in [1.82, 2.24) is 15.0 Å². The predicted molar refractivity (Wildman–Crippen MR) is 77.7 cm³/mol. The summed E-state index contributed by atoms with van der Waals surface area (Å²) in [5.41, 5.74) is 0.558. The SMILES string of the molecule is O=C(O)c1cccc2nc(Sc3nccc(=O)[nH]3)ccc12. The van der Waals surface area contributed by atoms with Crippen LogP contribution in [-0.4, -0.2) is 26.0 Å². The van der Waals surface area contributed by atoms with Gasteiger partial charge in [-0.3, -0.25) is 4.79 Å².